The third-order valence-corrected chi connectivity index (χ3v) is 4.25. The number of thiophene rings is 1. The van der Waals surface area contributed by atoms with E-state index < -0.39 is 0 Å². The summed E-state index contributed by atoms with van der Waals surface area (Å²) in [5.41, 5.74) is 7.37. The summed E-state index contributed by atoms with van der Waals surface area (Å²) < 4.78 is 5.10. The van der Waals surface area contributed by atoms with Gasteiger partial charge in [-0.25, -0.2) is 0 Å². The van der Waals surface area contributed by atoms with Crippen LogP contribution in [0.25, 0.3) is 10.1 Å². The van der Waals surface area contributed by atoms with Crippen molar-refractivity contribution in [2.75, 3.05) is 0 Å². The first-order valence-electron chi connectivity index (χ1n) is 4.85. The van der Waals surface area contributed by atoms with E-state index in [9.17, 15) is 0 Å². The van der Waals surface area contributed by atoms with Gasteiger partial charge in [-0.05, 0) is 33.9 Å². The molecule has 0 saturated heterocycles. The van der Waals surface area contributed by atoms with Gasteiger partial charge in [0, 0.05) is 4.70 Å². The van der Waals surface area contributed by atoms with Crippen LogP contribution in [-0.2, 0) is 0 Å². The smallest absolute Gasteiger partial charge is 0.0692 e. The first-order chi connectivity index (χ1) is 7.86. The van der Waals surface area contributed by atoms with E-state index in [1.54, 1.807) is 17.5 Å². The lowest BCUT2D eigenvalue weighted by atomic mass is 10.1. The van der Waals surface area contributed by atoms with Gasteiger partial charge in [0.25, 0.3) is 0 Å². The number of rotatable bonds is 2. The lowest BCUT2D eigenvalue weighted by Gasteiger charge is -2.09. The van der Waals surface area contributed by atoms with Gasteiger partial charge in [0.2, 0.25) is 0 Å². The zero-order valence-corrected chi connectivity index (χ0v) is 9.96. The molecule has 5 heteroatoms. The van der Waals surface area contributed by atoms with E-state index in [1.165, 1.54) is 21.6 Å². The molecule has 3 rings (SSSR count). The van der Waals surface area contributed by atoms with Crippen molar-refractivity contribution in [3.63, 3.8) is 0 Å². The Hall–Kier alpha value is -1.30. The van der Waals surface area contributed by atoms with Gasteiger partial charge in [-0.1, -0.05) is 22.7 Å². The molecule has 2 heterocycles. The minimum atomic E-state index is -0.123. The maximum atomic E-state index is 6.22. The fourth-order valence-corrected chi connectivity index (χ4v) is 3.20. The van der Waals surface area contributed by atoms with Crippen LogP contribution in [0.3, 0.4) is 0 Å². The molecule has 0 spiro atoms. The zero-order valence-electron chi connectivity index (χ0n) is 8.33. The second kappa shape index (κ2) is 3.93. The fourth-order valence-electron chi connectivity index (χ4n) is 1.73. The number of nitrogens with two attached hydrogens (primary N) is 1. The lowest BCUT2D eigenvalue weighted by molar-refractivity contribution is 0.900. The fraction of sp³-hybridized carbons (Fsp3) is 0.0909. The molecular weight excluding hydrogens is 238 g/mol. The van der Waals surface area contributed by atoms with Crippen molar-refractivity contribution < 1.29 is 0 Å². The molecule has 0 amide bonds. The summed E-state index contributed by atoms with van der Waals surface area (Å²) >= 11 is 3.08. The largest absolute Gasteiger partial charge is 0.319 e. The summed E-state index contributed by atoms with van der Waals surface area (Å²) in [4.78, 5) is 1.00. The normalized spacial score (nSPS) is 13.1. The molecule has 3 aromatic rings. The highest BCUT2D eigenvalue weighted by molar-refractivity contribution is 7.17. The van der Waals surface area contributed by atoms with E-state index in [-0.39, 0.29) is 6.04 Å². The molecule has 0 radical (unpaired) electrons. The molecule has 16 heavy (non-hydrogen) atoms. The SMILES string of the molecule is NC(c1cnns1)c1cccc2ccsc12. The predicted octanol–water partition coefficient (Wildman–Crippen LogP) is 2.80. The van der Waals surface area contributed by atoms with Crippen LogP contribution in [0.4, 0.5) is 0 Å². The van der Waals surface area contributed by atoms with Crippen LogP contribution in [0.2, 0.25) is 0 Å². The van der Waals surface area contributed by atoms with Gasteiger partial charge >= 0.3 is 0 Å². The van der Waals surface area contributed by atoms with Crippen molar-refractivity contribution in [1.29, 1.82) is 0 Å². The zero-order chi connectivity index (χ0) is 11.0. The molecule has 0 aliphatic carbocycles. The number of aromatic nitrogens is 2. The molecule has 0 aliphatic heterocycles. The number of benzene rings is 1. The van der Waals surface area contributed by atoms with Crippen LogP contribution in [-0.4, -0.2) is 9.59 Å². The monoisotopic (exact) mass is 247 g/mol. The molecule has 0 fully saturated rings. The van der Waals surface area contributed by atoms with E-state index in [0.717, 1.165) is 10.4 Å². The highest BCUT2D eigenvalue weighted by atomic mass is 32.1. The number of nitrogens with zero attached hydrogens (tertiary/aromatic N) is 2. The van der Waals surface area contributed by atoms with Crippen molar-refractivity contribution in [2.24, 2.45) is 5.73 Å². The molecule has 3 nitrogen and oxygen atoms in total. The second-order valence-electron chi connectivity index (χ2n) is 3.48. The van der Waals surface area contributed by atoms with Gasteiger partial charge in [-0.3, -0.25) is 0 Å². The third kappa shape index (κ3) is 1.53. The average Bonchev–Trinajstić information content (AvgIpc) is 2.98. The van der Waals surface area contributed by atoms with Crippen LogP contribution in [0.1, 0.15) is 16.5 Å². The standard InChI is InChI=1S/C11H9N3S2/c12-10(9-6-13-14-16-9)8-3-1-2-7-4-5-15-11(7)8/h1-6,10H,12H2. The van der Waals surface area contributed by atoms with Crippen LogP contribution >= 0.6 is 22.9 Å². The molecule has 0 saturated carbocycles. The maximum Gasteiger partial charge on any atom is 0.0692 e. The Balaban J connectivity index is 2.15. The molecule has 2 N–H and O–H groups in total. The first kappa shape index (κ1) is 9.89. The Morgan fingerprint density at radius 3 is 3.00 bits per heavy atom. The van der Waals surface area contributed by atoms with Crippen molar-refractivity contribution in [3.8, 4) is 0 Å². The summed E-state index contributed by atoms with van der Waals surface area (Å²) in [6, 6.07) is 8.21. The first-order valence-corrected chi connectivity index (χ1v) is 6.50. The Labute approximate surface area is 101 Å². The molecule has 1 atom stereocenters. The number of hydrogen-bond acceptors (Lipinski definition) is 5. The predicted molar refractivity (Wildman–Crippen MR) is 67.8 cm³/mol. The van der Waals surface area contributed by atoms with Gasteiger partial charge in [0.15, 0.2) is 0 Å². The molecule has 1 unspecified atom stereocenters. The molecule has 1 aromatic carbocycles. The summed E-state index contributed by atoms with van der Waals surface area (Å²) in [6.45, 7) is 0. The van der Waals surface area contributed by atoms with E-state index in [2.05, 4.69) is 33.2 Å². The maximum absolute atomic E-state index is 6.22. The van der Waals surface area contributed by atoms with Crippen molar-refractivity contribution >= 4 is 33.0 Å². The topological polar surface area (TPSA) is 51.8 Å². The minimum absolute atomic E-state index is 0.123. The van der Waals surface area contributed by atoms with Gasteiger partial charge < -0.3 is 5.73 Å². The highest BCUT2D eigenvalue weighted by Crippen LogP contribution is 2.31. The number of hydrogen-bond donors (Lipinski definition) is 1. The van der Waals surface area contributed by atoms with Crippen molar-refractivity contribution in [1.82, 2.24) is 9.59 Å². The van der Waals surface area contributed by atoms with Crippen LogP contribution in [0.15, 0.2) is 35.8 Å². The van der Waals surface area contributed by atoms with Gasteiger partial charge in [0.05, 0.1) is 17.1 Å². The summed E-state index contributed by atoms with van der Waals surface area (Å²) in [5.74, 6) is 0. The summed E-state index contributed by atoms with van der Waals surface area (Å²) in [7, 11) is 0. The lowest BCUT2D eigenvalue weighted by Crippen LogP contribution is -2.10. The highest BCUT2D eigenvalue weighted by Gasteiger charge is 2.14. The Morgan fingerprint density at radius 2 is 2.19 bits per heavy atom. The number of fused-ring (bicyclic) bond motifs is 1. The van der Waals surface area contributed by atoms with E-state index >= 15 is 0 Å². The molecule has 0 bridgehead atoms. The van der Waals surface area contributed by atoms with Crippen LogP contribution in [0.5, 0.6) is 0 Å². The van der Waals surface area contributed by atoms with E-state index in [4.69, 9.17) is 5.73 Å². The van der Waals surface area contributed by atoms with Crippen molar-refractivity contribution in [3.05, 3.63) is 46.3 Å². The second-order valence-corrected chi connectivity index (χ2v) is 5.22. The van der Waals surface area contributed by atoms with Crippen LogP contribution in [0, 0.1) is 0 Å². The van der Waals surface area contributed by atoms with Gasteiger partial charge in [0.1, 0.15) is 0 Å². The molecule has 2 aromatic heterocycles. The Morgan fingerprint density at radius 1 is 1.25 bits per heavy atom. The summed E-state index contributed by atoms with van der Waals surface area (Å²) in [6.07, 6.45) is 1.74. The Bertz CT molecular complexity index is 601. The minimum Gasteiger partial charge on any atom is -0.319 e. The van der Waals surface area contributed by atoms with E-state index in [1.807, 2.05) is 6.07 Å². The van der Waals surface area contributed by atoms with Crippen LogP contribution < -0.4 is 5.73 Å². The van der Waals surface area contributed by atoms with E-state index in [0.29, 0.717) is 0 Å². The molecular formula is C11H9N3S2. The van der Waals surface area contributed by atoms with Gasteiger partial charge in [-0.15, -0.1) is 16.4 Å². The average molecular weight is 247 g/mol. The Kier molecular flexibility index (Phi) is 2.43. The third-order valence-electron chi connectivity index (χ3n) is 2.53. The summed E-state index contributed by atoms with van der Waals surface area (Å²) in [5, 5.41) is 7.16. The van der Waals surface area contributed by atoms with Crippen molar-refractivity contribution in [2.45, 2.75) is 6.04 Å². The van der Waals surface area contributed by atoms with Gasteiger partial charge in [-0.2, -0.15) is 0 Å². The quantitative estimate of drug-likeness (QED) is 0.757. The molecule has 80 valence electrons. The molecule has 0 aliphatic rings.